The number of carbonyl (C=O) groups excluding carboxylic acids is 1. The maximum Gasteiger partial charge on any atom is 0.375 e. The summed E-state index contributed by atoms with van der Waals surface area (Å²) in [4.78, 5) is 11.1. The van der Waals surface area contributed by atoms with Crippen molar-refractivity contribution >= 4 is 5.97 Å². The first-order valence-corrected chi connectivity index (χ1v) is 3.76. The van der Waals surface area contributed by atoms with Crippen LogP contribution >= 0.6 is 0 Å². The van der Waals surface area contributed by atoms with Crippen LogP contribution in [-0.4, -0.2) is 12.6 Å². The van der Waals surface area contributed by atoms with E-state index in [1.54, 1.807) is 19.1 Å². The molecule has 13 heavy (non-hydrogen) atoms. The van der Waals surface area contributed by atoms with Crippen LogP contribution in [0.4, 0.5) is 0 Å². The number of nitriles is 1. The van der Waals surface area contributed by atoms with Crippen molar-refractivity contribution in [2.45, 2.75) is 13.8 Å². The smallest absolute Gasteiger partial charge is 0.375 e. The summed E-state index contributed by atoms with van der Waals surface area (Å²) < 4.78 is 9.64. The van der Waals surface area contributed by atoms with Gasteiger partial charge in [0, 0.05) is 0 Å². The molecule has 0 atom stereocenters. The normalized spacial score (nSPS) is 9.31. The minimum atomic E-state index is -0.599. The Morgan fingerprint density at radius 1 is 1.69 bits per heavy atom. The highest BCUT2D eigenvalue weighted by Crippen LogP contribution is 2.13. The highest BCUT2D eigenvalue weighted by molar-refractivity contribution is 5.86. The van der Waals surface area contributed by atoms with E-state index in [-0.39, 0.29) is 12.4 Å². The molecule has 1 aromatic rings. The van der Waals surface area contributed by atoms with Gasteiger partial charge in [0.05, 0.1) is 0 Å². The van der Waals surface area contributed by atoms with Gasteiger partial charge in [0.2, 0.25) is 5.76 Å². The standard InChI is InChI=1S/C9H9NO3/c1-6-5-8(13-7(6)2)9(11)12-4-3-10/h5H,4H2,1-2H3. The lowest BCUT2D eigenvalue weighted by atomic mass is 10.3. The van der Waals surface area contributed by atoms with Crippen LogP contribution in [0.5, 0.6) is 0 Å². The Labute approximate surface area is 75.7 Å². The maximum absolute atomic E-state index is 11.1. The molecule has 0 radical (unpaired) electrons. The predicted molar refractivity (Wildman–Crippen MR) is 44.1 cm³/mol. The lowest BCUT2D eigenvalue weighted by molar-refractivity contribution is 0.0517. The predicted octanol–water partition coefficient (Wildman–Crippen LogP) is 1.58. The Bertz CT molecular complexity index is 340. The maximum atomic E-state index is 11.1. The zero-order valence-electron chi connectivity index (χ0n) is 7.46. The number of nitrogens with zero attached hydrogens (tertiary/aromatic N) is 1. The molecule has 0 spiro atoms. The lowest BCUT2D eigenvalue weighted by Gasteiger charge is -1.94. The minimum Gasteiger partial charge on any atom is -0.454 e. The van der Waals surface area contributed by atoms with Gasteiger partial charge in [-0.3, -0.25) is 0 Å². The molecule has 1 aromatic heterocycles. The van der Waals surface area contributed by atoms with Crippen LogP contribution in [0.1, 0.15) is 21.9 Å². The van der Waals surface area contributed by atoms with Crippen molar-refractivity contribution in [3.8, 4) is 6.07 Å². The van der Waals surface area contributed by atoms with Crippen molar-refractivity contribution in [1.82, 2.24) is 0 Å². The van der Waals surface area contributed by atoms with Gasteiger partial charge < -0.3 is 9.15 Å². The third kappa shape index (κ3) is 2.09. The van der Waals surface area contributed by atoms with E-state index in [4.69, 9.17) is 9.68 Å². The fourth-order valence-electron chi connectivity index (χ4n) is 0.843. The molecule has 0 bridgehead atoms. The van der Waals surface area contributed by atoms with Crippen molar-refractivity contribution in [2.24, 2.45) is 0 Å². The van der Waals surface area contributed by atoms with Gasteiger partial charge in [0.25, 0.3) is 0 Å². The first kappa shape index (κ1) is 9.33. The van der Waals surface area contributed by atoms with Crippen LogP contribution < -0.4 is 0 Å². The van der Waals surface area contributed by atoms with Crippen molar-refractivity contribution in [1.29, 1.82) is 5.26 Å². The first-order valence-electron chi connectivity index (χ1n) is 3.76. The number of furan rings is 1. The molecule has 0 aliphatic heterocycles. The first-order chi connectivity index (χ1) is 6.15. The Morgan fingerprint density at radius 3 is 2.85 bits per heavy atom. The van der Waals surface area contributed by atoms with E-state index < -0.39 is 5.97 Å². The summed E-state index contributed by atoms with van der Waals surface area (Å²) in [6.07, 6.45) is 0. The number of carbonyl (C=O) groups is 1. The molecule has 4 nitrogen and oxygen atoms in total. The topological polar surface area (TPSA) is 63.2 Å². The highest BCUT2D eigenvalue weighted by Gasteiger charge is 2.13. The molecule has 0 N–H and O–H groups in total. The van der Waals surface area contributed by atoms with Gasteiger partial charge in [-0.25, -0.2) is 4.79 Å². The molecule has 0 unspecified atom stereocenters. The number of aryl methyl sites for hydroxylation is 2. The second-order valence-electron chi connectivity index (χ2n) is 2.58. The molecule has 68 valence electrons. The number of ether oxygens (including phenoxy) is 1. The van der Waals surface area contributed by atoms with Gasteiger partial charge in [-0.15, -0.1) is 0 Å². The summed E-state index contributed by atoms with van der Waals surface area (Å²) in [5, 5.41) is 8.16. The Balaban J connectivity index is 2.73. The number of rotatable bonds is 2. The molecular formula is C9H9NO3. The highest BCUT2D eigenvalue weighted by atomic mass is 16.5. The van der Waals surface area contributed by atoms with Gasteiger partial charge in [0.15, 0.2) is 6.61 Å². The number of hydrogen-bond donors (Lipinski definition) is 0. The Hall–Kier alpha value is -1.76. The van der Waals surface area contributed by atoms with E-state index in [0.29, 0.717) is 5.76 Å². The molecule has 0 aliphatic rings. The molecule has 0 aliphatic carbocycles. The van der Waals surface area contributed by atoms with E-state index in [2.05, 4.69) is 4.74 Å². The monoisotopic (exact) mass is 179 g/mol. The molecule has 0 aromatic carbocycles. The second kappa shape index (κ2) is 3.76. The van der Waals surface area contributed by atoms with Gasteiger partial charge >= 0.3 is 5.97 Å². The summed E-state index contributed by atoms with van der Waals surface area (Å²) in [6.45, 7) is 3.34. The van der Waals surface area contributed by atoms with Crippen LogP contribution in [0.3, 0.4) is 0 Å². The average Bonchev–Trinajstić information content (AvgIpc) is 2.43. The lowest BCUT2D eigenvalue weighted by Crippen LogP contribution is -2.03. The van der Waals surface area contributed by atoms with Crippen molar-refractivity contribution in [2.75, 3.05) is 6.61 Å². The summed E-state index contributed by atoms with van der Waals surface area (Å²) in [6, 6.07) is 3.30. The van der Waals surface area contributed by atoms with Crippen LogP contribution in [-0.2, 0) is 4.74 Å². The molecular weight excluding hydrogens is 170 g/mol. The van der Waals surface area contributed by atoms with Crippen LogP contribution in [0.2, 0.25) is 0 Å². The van der Waals surface area contributed by atoms with Crippen molar-refractivity contribution in [3.05, 3.63) is 23.2 Å². The van der Waals surface area contributed by atoms with Crippen LogP contribution in [0.15, 0.2) is 10.5 Å². The third-order valence-corrected chi connectivity index (χ3v) is 1.63. The van der Waals surface area contributed by atoms with Gasteiger partial charge in [-0.05, 0) is 25.5 Å². The largest absolute Gasteiger partial charge is 0.454 e. The second-order valence-corrected chi connectivity index (χ2v) is 2.58. The van der Waals surface area contributed by atoms with E-state index >= 15 is 0 Å². The molecule has 0 fully saturated rings. The average molecular weight is 179 g/mol. The molecule has 0 saturated carbocycles. The summed E-state index contributed by atoms with van der Waals surface area (Å²) in [7, 11) is 0. The Morgan fingerprint density at radius 2 is 2.38 bits per heavy atom. The molecule has 0 amide bonds. The van der Waals surface area contributed by atoms with Crippen molar-refractivity contribution < 1.29 is 13.9 Å². The molecule has 1 heterocycles. The quantitative estimate of drug-likeness (QED) is 0.646. The summed E-state index contributed by atoms with van der Waals surface area (Å²) in [5.74, 6) is 0.229. The van der Waals surface area contributed by atoms with E-state index in [9.17, 15) is 4.79 Å². The van der Waals surface area contributed by atoms with Gasteiger partial charge in [-0.1, -0.05) is 0 Å². The van der Waals surface area contributed by atoms with Gasteiger partial charge in [0.1, 0.15) is 11.8 Å². The molecule has 4 heteroatoms. The SMILES string of the molecule is Cc1cc(C(=O)OCC#N)oc1C. The minimum absolute atomic E-state index is 0.144. The third-order valence-electron chi connectivity index (χ3n) is 1.63. The molecule has 0 saturated heterocycles. The van der Waals surface area contributed by atoms with Gasteiger partial charge in [-0.2, -0.15) is 5.26 Å². The fourth-order valence-corrected chi connectivity index (χ4v) is 0.843. The molecule has 1 rings (SSSR count). The summed E-state index contributed by atoms with van der Waals surface area (Å²) in [5.41, 5.74) is 0.893. The van der Waals surface area contributed by atoms with Crippen LogP contribution in [0.25, 0.3) is 0 Å². The van der Waals surface area contributed by atoms with E-state index in [1.807, 2.05) is 6.92 Å². The summed E-state index contributed by atoms with van der Waals surface area (Å²) >= 11 is 0. The fraction of sp³-hybridized carbons (Fsp3) is 0.333. The van der Waals surface area contributed by atoms with Crippen LogP contribution in [0, 0.1) is 25.2 Å². The van der Waals surface area contributed by atoms with E-state index in [1.165, 1.54) is 0 Å². The zero-order chi connectivity index (χ0) is 9.84. The number of hydrogen-bond acceptors (Lipinski definition) is 4. The van der Waals surface area contributed by atoms with Crippen molar-refractivity contribution in [3.63, 3.8) is 0 Å². The number of esters is 1. The zero-order valence-corrected chi connectivity index (χ0v) is 7.46. The van der Waals surface area contributed by atoms with E-state index in [0.717, 1.165) is 5.56 Å². The Kier molecular flexibility index (Phi) is 2.70.